The van der Waals surface area contributed by atoms with Crippen molar-refractivity contribution < 1.29 is 4.52 Å². The van der Waals surface area contributed by atoms with E-state index in [-0.39, 0.29) is 0 Å². The molecular weight excluding hydrogens is 212 g/mol. The molecule has 1 aromatic rings. The Morgan fingerprint density at radius 1 is 1.47 bits per heavy atom. The van der Waals surface area contributed by atoms with Crippen LogP contribution >= 0.6 is 12.2 Å². The van der Waals surface area contributed by atoms with E-state index in [9.17, 15) is 0 Å². The molecule has 15 heavy (non-hydrogen) atoms. The maximum absolute atomic E-state index is 5.07. The SMILES string of the molecule is Cc1nc(CNC(=S)NCC(C)C)no1. The van der Waals surface area contributed by atoms with E-state index in [2.05, 4.69) is 34.6 Å². The van der Waals surface area contributed by atoms with Crippen LogP contribution in [0, 0.1) is 12.8 Å². The van der Waals surface area contributed by atoms with Gasteiger partial charge in [0.2, 0.25) is 5.89 Å². The number of hydrogen-bond donors (Lipinski definition) is 2. The van der Waals surface area contributed by atoms with Crippen LogP contribution in [-0.2, 0) is 6.54 Å². The molecule has 6 heteroatoms. The third kappa shape index (κ3) is 4.73. The Hall–Kier alpha value is -1.17. The summed E-state index contributed by atoms with van der Waals surface area (Å²) in [6.45, 7) is 7.35. The normalized spacial score (nSPS) is 10.4. The molecule has 2 N–H and O–H groups in total. The van der Waals surface area contributed by atoms with Gasteiger partial charge in [-0.05, 0) is 18.1 Å². The molecule has 0 aromatic carbocycles. The third-order valence-electron chi connectivity index (χ3n) is 1.65. The van der Waals surface area contributed by atoms with E-state index in [1.54, 1.807) is 6.92 Å². The van der Waals surface area contributed by atoms with E-state index in [0.717, 1.165) is 6.54 Å². The lowest BCUT2D eigenvalue weighted by molar-refractivity contribution is 0.387. The second-order valence-electron chi connectivity index (χ2n) is 3.69. The van der Waals surface area contributed by atoms with Gasteiger partial charge in [0.1, 0.15) is 0 Å². The van der Waals surface area contributed by atoms with Crippen molar-refractivity contribution in [1.82, 2.24) is 20.8 Å². The highest BCUT2D eigenvalue weighted by Gasteiger charge is 2.02. The number of aryl methyl sites for hydroxylation is 1. The fraction of sp³-hybridized carbons (Fsp3) is 0.667. The van der Waals surface area contributed by atoms with Crippen LogP contribution < -0.4 is 10.6 Å². The predicted molar refractivity (Wildman–Crippen MR) is 61.3 cm³/mol. The predicted octanol–water partition coefficient (Wildman–Crippen LogP) is 0.998. The second kappa shape index (κ2) is 5.65. The Bertz CT molecular complexity index is 324. The molecule has 0 bridgehead atoms. The fourth-order valence-electron chi connectivity index (χ4n) is 0.932. The topological polar surface area (TPSA) is 63.0 Å². The maximum Gasteiger partial charge on any atom is 0.223 e. The molecule has 0 aliphatic carbocycles. The Labute approximate surface area is 94.6 Å². The van der Waals surface area contributed by atoms with E-state index in [1.165, 1.54) is 0 Å². The van der Waals surface area contributed by atoms with Crippen LogP contribution in [0.15, 0.2) is 4.52 Å². The van der Waals surface area contributed by atoms with Gasteiger partial charge in [0.05, 0.1) is 6.54 Å². The van der Waals surface area contributed by atoms with Crippen molar-refractivity contribution in [1.29, 1.82) is 0 Å². The lowest BCUT2D eigenvalue weighted by Gasteiger charge is -2.10. The van der Waals surface area contributed by atoms with Gasteiger partial charge in [0, 0.05) is 13.5 Å². The summed E-state index contributed by atoms with van der Waals surface area (Å²) in [7, 11) is 0. The highest BCUT2D eigenvalue weighted by Crippen LogP contribution is 1.93. The van der Waals surface area contributed by atoms with Gasteiger partial charge < -0.3 is 15.2 Å². The Balaban J connectivity index is 2.22. The zero-order chi connectivity index (χ0) is 11.3. The fourth-order valence-corrected chi connectivity index (χ4v) is 1.09. The van der Waals surface area contributed by atoms with E-state index in [1.807, 2.05) is 0 Å². The van der Waals surface area contributed by atoms with Gasteiger partial charge in [0.15, 0.2) is 10.9 Å². The number of rotatable bonds is 4. The average Bonchev–Trinajstić information content (AvgIpc) is 2.58. The summed E-state index contributed by atoms with van der Waals surface area (Å²) in [5.41, 5.74) is 0. The van der Waals surface area contributed by atoms with E-state index in [0.29, 0.717) is 29.3 Å². The Morgan fingerprint density at radius 3 is 2.73 bits per heavy atom. The summed E-state index contributed by atoms with van der Waals surface area (Å²) < 4.78 is 4.83. The third-order valence-corrected chi connectivity index (χ3v) is 1.94. The molecule has 1 rings (SSSR count). The molecule has 0 spiro atoms. The van der Waals surface area contributed by atoms with Gasteiger partial charge in [-0.1, -0.05) is 19.0 Å². The maximum atomic E-state index is 5.07. The Kier molecular flexibility index (Phi) is 4.48. The van der Waals surface area contributed by atoms with Gasteiger partial charge in [-0.25, -0.2) is 0 Å². The molecule has 0 saturated carbocycles. The first-order valence-electron chi connectivity index (χ1n) is 4.89. The number of nitrogens with zero attached hydrogens (tertiary/aromatic N) is 2. The first-order chi connectivity index (χ1) is 7.08. The lowest BCUT2D eigenvalue weighted by Crippen LogP contribution is -2.36. The molecule has 0 aliphatic rings. The summed E-state index contributed by atoms with van der Waals surface area (Å²) in [5.74, 6) is 1.74. The highest BCUT2D eigenvalue weighted by atomic mass is 32.1. The van der Waals surface area contributed by atoms with Crippen LogP contribution in [0.4, 0.5) is 0 Å². The molecule has 0 unspecified atom stereocenters. The van der Waals surface area contributed by atoms with Crippen LogP contribution in [-0.4, -0.2) is 21.8 Å². The number of aromatic nitrogens is 2. The van der Waals surface area contributed by atoms with Crippen LogP contribution in [0.3, 0.4) is 0 Å². The van der Waals surface area contributed by atoms with Crippen molar-refractivity contribution in [3.05, 3.63) is 11.7 Å². The zero-order valence-corrected chi connectivity index (χ0v) is 10.0. The monoisotopic (exact) mass is 228 g/mol. The molecule has 5 nitrogen and oxygen atoms in total. The average molecular weight is 228 g/mol. The molecule has 0 aliphatic heterocycles. The van der Waals surface area contributed by atoms with Gasteiger partial charge in [-0.2, -0.15) is 4.98 Å². The van der Waals surface area contributed by atoms with Crippen LogP contribution in [0.1, 0.15) is 25.6 Å². The standard InChI is InChI=1S/C9H16N4OS/c1-6(2)4-10-9(15)11-5-8-12-7(3)14-13-8/h6H,4-5H2,1-3H3,(H2,10,11,15). The van der Waals surface area contributed by atoms with Crippen LogP contribution in [0.25, 0.3) is 0 Å². The first-order valence-corrected chi connectivity index (χ1v) is 5.29. The van der Waals surface area contributed by atoms with Crippen LogP contribution in [0.2, 0.25) is 0 Å². The van der Waals surface area contributed by atoms with Gasteiger partial charge >= 0.3 is 0 Å². The quantitative estimate of drug-likeness (QED) is 0.750. The minimum atomic E-state index is 0.487. The van der Waals surface area contributed by atoms with Crippen molar-refractivity contribution in [2.24, 2.45) is 5.92 Å². The first kappa shape index (κ1) is 11.9. The minimum absolute atomic E-state index is 0.487. The second-order valence-corrected chi connectivity index (χ2v) is 4.10. The van der Waals surface area contributed by atoms with Gasteiger partial charge in [-0.15, -0.1) is 0 Å². The lowest BCUT2D eigenvalue weighted by atomic mass is 10.2. The summed E-state index contributed by atoms with van der Waals surface area (Å²) in [5, 5.41) is 10.5. The van der Waals surface area contributed by atoms with Crippen molar-refractivity contribution in [2.45, 2.75) is 27.3 Å². The summed E-state index contributed by atoms with van der Waals surface area (Å²) in [4.78, 5) is 4.05. The summed E-state index contributed by atoms with van der Waals surface area (Å²) in [6, 6.07) is 0. The Morgan fingerprint density at radius 2 is 2.20 bits per heavy atom. The van der Waals surface area contributed by atoms with Gasteiger partial charge in [0.25, 0.3) is 0 Å². The zero-order valence-electron chi connectivity index (χ0n) is 9.20. The molecule has 0 radical (unpaired) electrons. The molecule has 0 saturated heterocycles. The van der Waals surface area contributed by atoms with Crippen molar-refractivity contribution in [2.75, 3.05) is 6.54 Å². The van der Waals surface area contributed by atoms with Gasteiger partial charge in [-0.3, -0.25) is 0 Å². The number of thiocarbonyl (C=S) groups is 1. The minimum Gasteiger partial charge on any atom is -0.362 e. The highest BCUT2D eigenvalue weighted by molar-refractivity contribution is 7.80. The molecule has 84 valence electrons. The number of hydrogen-bond acceptors (Lipinski definition) is 4. The molecule has 0 fully saturated rings. The van der Waals surface area contributed by atoms with Crippen molar-refractivity contribution in [3.63, 3.8) is 0 Å². The summed E-state index contributed by atoms with van der Waals surface area (Å²) in [6.07, 6.45) is 0. The van der Waals surface area contributed by atoms with Crippen molar-refractivity contribution in [3.8, 4) is 0 Å². The molecule has 1 heterocycles. The molecule has 0 atom stereocenters. The van der Waals surface area contributed by atoms with Crippen molar-refractivity contribution >= 4 is 17.3 Å². The van der Waals surface area contributed by atoms with E-state index in [4.69, 9.17) is 16.7 Å². The summed E-state index contributed by atoms with van der Waals surface area (Å²) >= 11 is 5.07. The molecular formula is C9H16N4OS. The van der Waals surface area contributed by atoms with Crippen LogP contribution in [0.5, 0.6) is 0 Å². The molecule has 1 aromatic heterocycles. The van der Waals surface area contributed by atoms with E-state index < -0.39 is 0 Å². The van der Waals surface area contributed by atoms with E-state index >= 15 is 0 Å². The molecule has 0 amide bonds. The smallest absolute Gasteiger partial charge is 0.223 e. The number of nitrogens with one attached hydrogen (secondary N) is 2. The largest absolute Gasteiger partial charge is 0.362 e.